The van der Waals surface area contributed by atoms with Gasteiger partial charge in [0.2, 0.25) is 0 Å². The van der Waals surface area contributed by atoms with Crippen molar-refractivity contribution in [3.63, 3.8) is 0 Å². The van der Waals surface area contributed by atoms with E-state index in [2.05, 4.69) is 4.18 Å². The number of rotatable bonds is 13. The molecule has 0 spiro atoms. The Labute approximate surface area is 189 Å². The van der Waals surface area contributed by atoms with E-state index < -0.39 is 83.4 Å². The molecular weight excluding hydrogens is 587 g/mol. The van der Waals surface area contributed by atoms with Gasteiger partial charge >= 0.3 is 58.0 Å². The first-order chi connectivity index (χ1) is 15.4. The van der Waals surface area contributed by atoms with Crippen molar-refractivity contribution in [1.82, 2.24) is 0 Å². The highest BCUT2D eigenvalue weighted by atomic mass is 32.3. The zero-order valence-electron chi connectivity index (χ0n) is 16.9. The van der Waals surface area contributed by atoms with Crippen LogP contribution in [0.5, 0.6) is 0 Å². The zero-order chi connectivity index (χ0) is 29.6. The van der Waals surface area contributed by atoms with Crippen molar-refractivity contribution < 1.29 is 91.8 Å². The van der Waals surface area contributed by atoms with Crippen molar-refractivity contribution in [2.45, 2.75) is 86.3 Å². The Morgan fingerprint density at radius 1 is 0.611 bits per heavy atom. The van der Waals surface area contributed by atoms with Crippen molar-refractivity contribution in [2.75, 3.05) is 0 Å². The van der Waals surface area contributed by atoms with Gasteiger partial charge in [0.25, 0.3) is 0 Å². The van der Waals surface area contributed by atoms with E-state index in [9.17, 15) is 83.1 Å². The lowest BCUT2D eigenvalue weighted by molar-refractivity contribution is -0.461. The standard InChI is InChI=1S/C14H13F17O4S/c1-2-3-6(35-36(32,33)34)4-5-7(15,16)8(17,18)9(19,20)10(21,22)11(23,24)12(25,26)13(27,28)14(29,30)31/h6H,2-5H2,1H3,(H,32,33,34). The predicted molar refractivity (Wildman–Crippen MR) is 81.2 cm³/mol. The minimum Gasteiger partial charge on any atom is -0.264 e. The van der Waals surface area contributed by atoms with Crippen LogP contribution in [0.3, 0.4) is 0 Å². The molecule has 0 saturated heterocycles. The number of hydrogen-bond donors (Lipinski definition) is 1. The van der Waals surface area contributed by atoms with E-state index in [1.54, 1.807) is 0 Å². The smallest absolute Gasteiger partial charge is 0.264 e. The summed E-state index contributed by atoms with van der Waals surface area (Å²) in [6.45, 7) is 1.15. The van der Waals surface area contributed by atoms with Crippen LogP contribution in [-0.2, 0) is 14.6 Å². The summed E-state index contributed by atoms with van der Waals surface area (Å²) in [5.74, 6) is -57.2. The molecule has 1 N–H and O–H groups in total. The highest BCUT2D eigenvalue weighted by Gasteiger charge is 2.95. The second-order valence-corrected chi connectivity index (χ2v) is 8.17. The summed E-state index contributed by atoms with van der Waals surface area (Å²) in [6, 6.07) is 0. The minimum atomic E-state index is -8.72. The van der Waals surface area contributed by atoms with E-state index in [0.29, 0.717) is 0 Å². The highest BCUT2D eigenvalue weighted by Crippen LogP contribution is 2.64. The van der Waals surface area contributed by atoms with Crippen molar-refractivity contribution in [3.05, 3.63) is 0 Å². The van der Waals surface area contributed by atoms with Crippen molar-refractivity contribution in [2.24, 2.45) is 0 Å². The molecule has 218 valence electrons. The van der Waals surface area contributed by atoms with Crippen LogP contribution in [0.4, 0.5) is 74.6 Å². The Kier molecular flexibility index (Phi) is 9.41. The monoisotopic (exact) mass is 600 g/mol. The van der Waals surface area contributed by atoms with E-state index in [1.807, 2.05) is 0 Å². The summed E-state index contributed by atoms with van der Waals surface area (Å²) in [4.78, 5) is 0. The summed E-state index contributed by atoms with van der Waals surface area (Å²) in [5, 5.41) is 0. The highest BCUT2D eigenvalue weighted by molar-refractivity contribution is 7.80. The van der Waals surface area contributed by atoms with Crippen LogP contribution in [0.2, 0.25) is 0 Å². The third kappa shape index (κ3) is 5.73. The van der Waals surface area contributed by atoms with Crippen molar-refractivity contribution in [3.8, 4) is 0 Å². The zero-order valence-corrected chi connectivity index (χ0v) is 17.7. The van der Waals surface area contributed by atoms with Gasteiger partial charge in [0.15, 0.2) is 0 Å². The van der Waals surface area contributed by atoms with Gasteiger partial charge in [-0.05, 0) is 12.8 Å². The summed E-state index contributed by atoms with van der Waals surface area (Å²) in [6.07, 6.45) is -15.7. The van der Waals surface area contributed by atoms with Gasteiger partial charge in [0, 0.05) is 6.42 Å². The second-order valence-electron chi connectivity index (χ2n) is 7.12. The molecule has 0 aliphatic rings. The molecule has 0 aromatic heterocycles. The molecule has 4 nitrogen and oxygen atoms in total. The number of halogens is 17. The van der Waals surface area contributed by atoms with Gasteiger partial charge < -0.3 is 0 Å². The van der Waals surface area contributed by atoms with Gasteiger partial charge in [-0.25, -0.2) is 4.18 Å². The summed E-state index contributed by atoms with van der Waals surface area (Å²) >= 11 is 0. The maximum atomic E-state index is 13.8. The lowest BCUT2D eigenvalue weighted by atomic mass is 9.87. The molecule has 0 rings (SSSR count). The van der Waals surface area contributed by atoms with Crippen molar-refractivity contribution >= 4 is 10.4 Å². The lowest BCUT2D eigenvalue weighted by Crippen LogP contribution is -2.74. The average Bonchev–Trinajstić information content (AvgIpc) is 2.63. The van der Waals surface area contributed by atoms with E-state index in [-0.39, 0.29) is 6.42 Å². The quantitative estimate of drug-likeness (QED) is 0.188. The van der Waals surface area contributed by atoms with E-state index in [4.69, 9.17) is 4.55 Å². The predicted octanol–water partition coefficient (Wildman–Crippen LogP) is 6.76. The number of hydrogen-bond acceptors (Lipinski definition) is 3. The summed E-state index contributed by atoms with van der Waals surface area (Å²) in [7, 11) is -5.51. The molecule has 0 amide bonds. The number of alkyl halides is 17. The van der Waals surface area contributed by atoms with E-state index in [1.165, 1.54) is 0 Å². The third-order valence-electron chi connectivity index (χ3n) is 4.44. The molecule has 1 atom stereocenters. The maximum Gasteiger partial charge on any atom is 0.460 e. The van der Waals surface area contributed by atoms with Crippen molar-refractivity contribution in [1.29, 1.82) is 0 Å². The third-order valence-corrected chi connectivity index (χ3v) is 4.95. The first-order valence-corrected chi connectivity index (χ1v) is 10.1. The van der Waals surface area contributed by atoms with Crippen LogP contribution in [-0.4, -0.2) is 66.7 Å². The summed E-state index contributed by atoms with van der Waals surface area (Å²) in [5.41, 5.74) is 0. The Morgan fingerprint density at radius 2 is 0.944 bits per heavy atom. The molecule has 0 saturated carbocycles. The Bertz CT molecular complexity index is 865. The molecule has 0 aliphatic carbocycles. The molecule has 0 radical (unpaired) electrons. The Balaban J connectivity index is 6.45. The van der Waals surface area contributed by atoms with Gasteiger partial charge in [-0.3, -0.25) is 4.55 Å². The fourth-order valence-corrected chi connectivity index (χ4v) is 2.97. The van der Waals surface area contributed by atoms with Gasteiger partial charge in [-0.15, -0.1) is 0 Å². The van der Waals surface area contributed by atoms with Gasteiger partial charge in [0.1, 0.15) is 0 Å². The fourth-order valence-electron chi connectivity index (χ4n) is 2.43. The largest absolute Gasteiger partial charge is 0.460 e. The lowest BCUT2D eigenvalue weighted by Gasteiger charge is -2.42. The molecule has 0 aromatic carbocycles. The van der Waals surface area contributed by atoms with Crippen LogP contribution < -0.4 is 0 Å². The van der Waals surface area contributed by atoms with Crippen LogP contribution >= 0.6 is 0 Å². The minimum absolute atomic E-state index is 0.245. The molecule has 0 heterocycles. The van der Waals surface area contributed by atoms with Gasteiger partial charge in [-0.1, -0.05) is 13.3 Å². The molecule has 0 aromatic rings. The topological polar surface area (TPSA) is 63.6 Å². The SMILES string of the molecule is CCCC(CCC(F)(F)C(F)(F)C(F)(F)C(F)(F)C(F)(F)C(F)(F)C(F)(F)C(F)(F)F)OS(=O)(=O)O. The molecule has 36 heavy (non-hydrogen) atoms. The molecule has 22 heteroatoms. The van der Waals surface area contributed by atoms with Crippen LogP contribution in [0.25, 0.3) is 0 Å². The maximum absolute atomic E-state index is 13.8. The Hall–Kier alpha value is -1.32. The fraction of sp³-hybridized carbons (Fsp3) is 1.00. The van der Waals surface area contributed by atoms with E-state index >= 15 is 0 Å². The van der Waals surface area contributed by atoms with E-state index in [0.717, 1.165) is 6.92 Å². The second kappa shape index (κ2) is 9.77. The van der Waals surface area contributed by atoms with Crippen LogP contribution in [0.1, 0.15) is 32.6 Å². The molecule has 0 fully saturated rings. The first kappa shape index (κ1) is 34.7. The Morgan fingerprint density at radius 3 is 1.25 bits per heavy atom. The summed E-state index contributed by atoms with van der Waals surface area (Å²) < 4.78 is 257. The molecule has 1 unspecified atom stereocenters. The van der Waals surface area contributed by atoms with Gasteiger partial charge in [-0.2, -0.15) is 83.1 Å². The molecule has 0 bridgehead atoms. The normalized spacial score (nSPS) is 16.9. The van der Waals surface area contributed by atoms with Crippen LogP contribution in [0, 0.1) is 0 Å². The van der Waals surface area contributed by atoms with Crippen LogP contribution in [0.15, 0.2) is 0 Å². The average molecular weight is 600 g/mol. The molecular formula is C14H13F17O4S. The van der Waals surface area contributed by atoms with Gasteiger partial charge in [0.05, 0.1) is 6.10 Å². The molecule has 0 aliphatic heterocycles. The first-order valence-electron chi connectivity index (χ1n) is 8.76.